The Kier molecular flexibility index (Phi) is 2.71. The molecule has 0 radical (unpaired) electrons. The number of primary amides is 1. The smallest absolute Gasteiger partial charge is 0.252 e. The molecule has 6 nitrogen and oxygen atoms in total. The molecule has 100 valence electrons. The summed E-state index contributed by atoms with van der Waals surface area (Å²) in [7, 11) is 0. The average molecular weight is 267 g/mol. The minimum Gasteiger partial charge on any atom is -0.365 e. The highest BCUT2D eigenvalue weighted by atomic mass is 16.1. The van der Waals surface area contributed by atoms with Crippen LogP contribution in [0.3, 0.4) is 0 Å². The maximum Gasteiger partial charge on any atom is 0.252 e. The van der Waals surface area contributed by atoms with E-state index in [0.29, 0.717) is 16.7 Å². The number of nitrogens with two attached hydrogens (primary N) is 1. The van der Waals surface area contributed by atoms with Crippen molar-refractivity contribution in [3.63, 3.8) is 0 Å². The summed E-state index contributed by atoms with van der Waals surface area (Å²) in [6.07, 6.45) is 3.27. The van der Waals surface area contributed by atoms with E-state index in [9.17, 15) is 4.79 Å². The molecule has 3 heterocycles. The number of aromatic amines is 1. The van der Waals surface area contributed by atoms with Gasteiger partial charge in [-0.05, 0) is 26.0 Å². The van der Waals surface area contributed by atoms with Crippen molar-refractivity contribution >= 4 is 17.1 Å². The number of hydrogen-bond acceptors (Lipinski definition) is 4. The predicted octanol–water partition coefficient (Wildman–Crippen LogP) is 1.74. The minimum atomic E-state index is -0.518. The second-order valence-electron chi connectivity index (χ2n) is 4.56. The van der Waals surface area contributed by atoms with Gasteiger partial charge in [0.15, 0.2) is 5.65 Å². The number of fused-ring (bicyclic) bond motifs is 1. The molecule has 20 heavy (non-hydrogen) atoms. The van der Waals surface area contributed by atoms with Crippen molar-refractivity contribution in [2.24, 2.45) is 5.73 Å². The molecule has 0 unspecified atom stereocenters. The van der Waals surface area contributed by atoms with Gasteiger partial charge in [0.25, 0.3) is 5.91 Å². The third-order valence-electron chi connectivity index (χ3n) is 3.21. The molecule has 0 saturated heterocycles. The fourth-order valence-corrected chi connectivity index (χ4v) is 2.19. The number of rotatable bonds is 2. The summed E-state index contributed by atoms with van der Waals surface area (Å²) in [6, 6.07) is 3.81. The zero-order chi connectivity index (χ0) is 14.3. The molecule has 3 aromatic rings. The number of carbonyl (C=O) groups is 1. The Morgan fingerprint density at radius 2 is 2.05 bits per heavy atom. The molecule has 3 N–H and O–H groups in total. The first kappa shape index (κ1) is 12.3. The molecule has 3 rings (SSSR count). The minimum absolute atomic E-state index is 0.352. The van der Waals surface area contributed by atoms with Gasteiger partial charge in [0, 0.05) is 23.7 Å². The largest absolute Gasteiger partial charge is 0.365 e. The van der Waals surface area contributed by atoms with Crippen LogP contribution in [0.15, 0.2) is 24.5 Å². The van der Waals surface area contributed by atoms with Crippen LogP contribution in [-0.2, 0) is 0 Å². The van der Waals surface area contributed by atoms with Gasteiger partial charge >= 0.3 is 0 Å². The van der Waals surface area contributed by atoms with Gasteiger partial charge in [0.05, 0.1) is 17.0 Å². The molecule has 0 fully saturated rings. The van der Waals surface area contributed by atoms with Crippen molar-refractivity contribution in [1.82, 2.24) is 19.9 Å². The third kappa shape index (κ3) is 1.82. The number of aryl methyl sites for hydroxylation is 2. The summed E-state index contributed by atoms with van der Waals surface area (Å²) in [5.41, 5.74) is 10.00. The fraction of sp³-hybridized carbons (Fsp3) is 0.143. The highest BCUT2D eigenvalue weighted by Gasteiger charge is 2.15. The lowest BCUT2D eigenvalue weighted by atomic mass is 10.1. The van der Waals surface area contributed by atoms with Crippen LogP contribution in [0.1, 0.15) is 21.7 Å². The summed E-state index contributed by atoms with van der Waals surface area (Å²) in [6.45, 7) is 3.77. The molecule has 0 aliphatic heterocycles. The molecule has 0 bridgehead atoms. The topological polar surface area (TPSA) is 97.5 Å². The van der Waals surface area contributed by atoms with Gasteiger partial charge in [-0.3, -0.25) is 9.78 Å². The number of hydrogen-bond donors (Lipinski definition) is 2. The van der Waals surface area contributed by atoms with E-state index in [0.717, 1.165) is 22.6 Å². The Morgan fingerprint density at radius 3 is 2.75 bits per heavy atom. The Hall–Kier alpha value is -2.76. The van der Waals surface area contributed by atoms with Gasteiger partial charge in [-0.15, -0.1) is 0 Å². The first-order valence-electron chi connectivity index (χ1n) is 6.15. The lowest BCUT2D eigenvalue weighted by Gasteiger charge is -2.07. The van der Waals surface area contributed by atoms with Gasteiger partial charge in [-0.1, -0.05) is 0 Å². The molecule has 0 aliphatic carbocycles. The Bertz CT molecular complexity index is 822. The zero-order valence-corrected chi connectivity index (χ0v) is 11.1. The molecule has 3 aromatic heterocycles. The van der Waals surface area contributed by atoms with E-state index in [1.165, 1.54) is 6.20 Å². The van der Waals surface area contributed by atoms with Crippen molar-refractivity contribution in [1.29, 1.82) is 0 Å². The number of nitrogens with one attached hydrogen (secondary N) is 1. The van der Waals surface area contributed by atoms with Crippen LogP contribution in [0.5, 0.6) is 0 Å². The van der Waals surface area contributed by atoms with Crippen molar-refractivity contribution < 1.29 is 4.79 Å². The predicted molar refractivity (Wildman–Crippen MR) is 75.1 cm³/mol. The van der Waals surface area contributed by atoms with Crippen LogP contribution in [0.4, 0.5) is 0 Å². The average Bonchev–Trinajstić information content (AvgIpc) is 2.81. The number of aromatic nitrogens is 4. The van der Waals surface area contributed by atoms with Crippen molar-refractivity contribution in [2.45, 2.75) is 13.8 Å². The van der Waals surface area contributed by atoms with E-state index in [2.05, 4.69) is 19.9 Å². The Balaban J connectivity index is 2.27. The first-order valence-corrected chi connectivity index (χ1v) is 6.15. The van der Waals surface area contributed by atoms with Crippen LogP contribution in [-0.4, -0.2) is 25.8 Å². The van der Waals surface area contributed by atoms with Crippen LogP contribution in [0, 0.1) is 13.8 Å². The zero-order valence-electron chi connectivity index (χ0n) is 11.1. The second kappa shape index (κ2) is 4.41. The van der Waals surface area contributed by atoms with E-state index in [1.807, 2.05) is 26.0 Å². The number of amides is 1. The van der Waals surface area contributed by atoms with Crippen LogP contribution in [0.25, 0.3) is 22.4 Å². The molecular formula is C14H13N5O. The lowest BCUT2D eigenvalue weighted by Crippen LogP contribution is -2.10. The standard InChI is InChI=1S/C14H13N5O/c1-7-9(4-3-5-16-7)11-8(2)18-12-10(13(15)20)6-17-14(12)19-11/h3-6H,1-2H3,(H2,15,20)(H,17,19). The summed E-state index contributed by atoms with van der Waals surface area (Å²) >= 11 is 0. The van der Waals surface area contributed by atoms with E-state index < -0.39 is 5.91 Å². The normalized spacial score (nSPS) is 10.9. The van der Waals surface area contributed by atoms with Crippen molar-refractivity contribution in [3.8, 4) is 11.3 Å². The summed E-state index contributed by atoms with van der Waals surface area (Å²) in [5, 5.41) is 0. The molecule has 0 saturated carbocycles. The number of nitrogens with zero attached hydrogens (tertiary/aromatic N) is 3. The molecule has 0 aromatic carbocycles. The van der Waals surface area contributed by atoms with Gasteiger partial charge in [0.1, 0.15) is 5.52 Å². The number of carbonyl (C=O) groups excluding carboxylic acids is 1. The molecule has 0 atom stereocenters. The van der Waals surface area contributed by atoms with Gasteiger partial charge in [0.2, 0.25) is 0 Å². The first-order chi connectivity index (χ1) is 9.58. The van der Waals surface area contributed by atoms with Crippen molar-refractivity contribution in [2.75, 3.05) is 0 Å². The maximum atomic E-state index is 11.3. The third-order valence-corrected chi connectivity index (χ3v) is 3.21. The molecule has 6 heteroatoms. The molecular weight excluding hydrogens is 254 g/mol. The quantitative estimate of drug-likeness (QED) is 0.738. The maximum absolute atomic E-state index is 11.3. The van der Waals surface area contributed by atoms with E-state index in [4.69, 9.17) is 5.73 Å². The number of H-pyrrole nitrogens is 1. The molecule has 1 amide bonds. The lowest BCUT2D eigenvalue weighted by molar-refractivity contribution is 0.100. The summed E-state index contributed by atoms with van der Waals surface area (Å²) < 4.78 is 0. The monoisotopic (exact) mass is 267 g/mol. The Morgan fingerprint density at radius 1 is 1.25 bits per heavy atom. The van der Waals surface area contributed by atoms with Crippen molar-refractivity contribution in [3.05, 3.63) is 41.5 Å². The van der Waals surface area contributed by atoms with E-state index in [1.54, 1.807) is 6.20 Å². The van der Waals surface area contributed by atoms with Crippen LogP contribution in [0.2, 0.25) is 0 Å². The molecule has 0 spiro atoms. The van der Waals surface area contributed by atoms with E-state index >= 15 is 0 Å². The number of pyridine rings is 1. The summed E-state index contributed by atoms with van der Waals surface area (Å²) in [4.78, 5) is 27.5. The van der Waals surface area contributed by atoms with Gasteiger partial charge in [-0.25, -0.2) is 9.97 Å². The second-order valence-corrected chi connectivity index (χ2v) is 4.56. The molecule has 0 aliphatic rings. The fourth-order valence-electron chi connectivity index (χ4n) is 2.19. The highest BCUT2D eigenvalue weighted by Crippen LogP contribution is 2.25. The van der Waals surface area contributed by atoms with Crippen LogP contribution < -0.4 is 5.73 Å². The SMILES string of the molecule is Cc1ncccc1-c1nc2[nH]cc(C(N)=O)c2nc1C. The van der Waals surface area contributed by atoms with Crippen LogP contribution >= 0.6 is 0 Å². The van der Waals surface area contributed by atoms with Gasteiger partial charge < -0.3 is 10.7 Å². The Labute approximate surface area is 115 Å². The highest BCUT2D eigenvalue weighted by molar-refractivity contribution is 6.03. The van der Waals surface area contributed by atoms with E-state index in [-0.39, 0.29) is 0 Å². The van der Waals surface area contributed by atoms with Gasteiger partial charge in [-0.2, -0.15) is 0 Å². The summed E-state index contributed by atoms with van der Waals surface area (Å²) in [5.74, 6) is -0.518.